The summed E-state index contributed by atoms with van der Waals surface area (Å²) in [5.41, 5.74) is 0.387. The van der Waals surface area contributed by atoms with Crippen molar-refractivity contribution in [1.29, 1.82) is 0 Å². The van der Waals surface area contributed by atoms with Crippen LogP contribution in [0.1, 0.15) is 22.5 Å². The van der Waals surface area contributed by atoms with E-state index in [0.717, 1.165) is 0 Å². The zero-order valence-electron chi connectivity index (χ0n) is 8.42. The quantitative estimate of drug-likeness (QED) is 0.838. The Morgan fingerprint density at radius 3 is 2.88 bits per heavy atom. The second-order valence-corrected chi connectivity index (χ2v) is 5.67. The summed E-state index contributed by atoms with van der Waals surface area (Å²) in [4.78, 5) is 10.8. The number of hydrogen-bond acceptors (Lipinski definition) is 4. The highest BCUT2D eigenvalue weighted by atomic mass is 32.2. The number of carboxylic acids is 1. The Bertz CT molecular complexity index is 504. The number of rotatable bonds is 3. The Kier molecular flexibility index (Phi) is 2.73. The Labute approximate surface area is 92.5 Å². The van der Waals surface area contributed by atoms with E-state index in [-0.39, 0.29) is 18.1 Å². The third kappa shape index (κ3) is 1.96. The second kappa shape index (κ2) is 3.91. The molecule has 0 aliphatic carbocycles. The molecule has 1 saturated heterocycles. The van der Waals surface area contributed by atoms with Gasteiger partial charge in [0.15, 0.2) is 0 Å². The SMILES string of the molecule is O=C(O)c1occc1CN1CCCS1(=O)=O. The van der Waals surface area contributed by atoms with E-state index in [1.54, 1.807) is 0 Å². The van der Waals surface area contributed by atoms with Crippen LogP contribution in [0.2, 0.25) is 0 Å². The van der Waals surface area contributed by atoms with Crippen molar-refractivity contribution in [1.82, 2.24) is 4.31 Å². The van der Waals surface area contributed by atoms with E-state index in [2.05, 4.69) is 0 Å². The van der Waals surface area contributed by atoms with Crippen molar-refractivity contribution in [3.63, 3.8) is 0 Å². The van der Waals surface area contributed by atoms with Crippen LogP contribution in [0, 0.1) is 0 Å². The molecule has 1 aliphatic heterocycles. The first-order chi connectivity index (χ1) is 7.50. The number of hydrogen-bond donors (Lipinski definition) is 1. The molecule has 1 N–H and O–H groups in total. The van der Waals surface area contributed by atoms with Gasteiger partial charge in [0.25, 0.3) is 0 Å². The van der Waals surface area contributed by atoms with Crippen molar-refractivity contribution in [2.45, 2.75) is 13.0 Å². The predicted molar refractivity (Wildman–Crippen MR) is 54.5 cm³/mol. The van der Waals surface area contributed by atoms with Gasteiger partial charge in [-0.05, 0) is 12.5 Å². The highest BCUT2D eigenvalue weighted by Crippen LogP contribution is 2.20. The lowest BCUT2D eigenvalue weighted by Gasteiger charge is -2.12. The van der Waals surface area contributed by atoms with Gasteiger partial charge >= 0.3 is 5.97 Å². The van der Waals surface area contributed by atoms with Gasteiger partial charge in [0.05, 0.1) is 12.0 Å². The number of carbonyl (C=O) groups is 1. The highest BCUT2D eigenvalue weighted by Gasteiger charge is 2.29. The normalized spacial score (nSPS) is 20.0. The average Bonchev–Trinajstić information content (AvgIpc) is 2.74. The molecule has 0 atom stereocenters. The Morgan fingerprint density at radius 2 is 2.31 bits per heavy atom. The van der Waals surface area contributed by atoms with Gasteiger partial charge < -0.3 is 9.52 Å². The summed E-state index contributed by atoms with van der Waals surface area (Å²) in [5, 5.41) is 8.80. The molecule has 6 nitrogen and oxygen atoms in total. The third-order valence-corrected chi connectivity index (χ3v) is 4.39. The minimum absolute atomic E-state index is 0.0699. The van der Waals surface area contributed by atoms with Gasteiger partial charge in [-0.15, -0.1) is 0 Å². The summed E-state index contributed by atoms with van der Waals surface area (Å²) in [6.07, 6.45) is 1.84. The number of furan rings is 1. The van der Waals surface area contributed by atoms with Gasteiger partial charge in [0, 0.05) is 18.7 Å². The molecule has 1 aromatic rings. The van der Waals surface area contributed by atoms with E-state index in [4.69, 9.17) is 9.52 Å². The summed E-state index contributed by atoms with van der Waals surface area (Å²) < 4.78 is 29.1. The topological polar surface area (TPSA) is 87.8 Å². The molecule has 88 valence electrons. The third-order valence-electron chi connectivity index (χ3n) is 2.49. The molecule has 0 amide bonds. The van der Waals surface area contributed by atoms with E-state index >= 15 is 0 Å². The maximum atomic E-state index is 11.5. The van der Waals surface area contributed by atoms with Crippen molar-refractivity contribution in [3.8, 4) is 0 Å². The second-order valence-electron chi connectivity index (χ2n) is 3.58. The zero-order valence-corrected chi connectivity index (χ0v) is 9.24. The van der Waals surface area contributed by atoms with Crippen LogP contribution in [0.3, 0.4) is 0 Å². The first-order valence-corrected chi connectivity index (χ1v) is 6.39. The first kappa shape index (κ1) is 11.2. The average molecular weight is 245 g/mol. The summed E-state index contributed by atoms with van der Waals surface area (Å²) in [6, 6.07) is 1.48. The Morgan fingerprint density at radius 1 is 1.56 bits per heavy atom. The minimum Gasteiger partial charge on any atom is -0.475 e. The molecule has 1 aliphatic rings. The van der Waals surface area contributed by atoms with Crippen LogP contribution < -0.4 is 0 Å². The van der Waals surface area contributed by atoms with Gasteiger partial charge in [-0.25, -0.2) is 13.2 Å². The van der Waals surface area contributed by atoms with Crippen molar-refractivity contribution in [3.05, 3.63) is 23.7 Å². The standard InChI is InChI=1S/C9H11NO5S/c11-9(12)8-7(2-4-15-8)6-10-3-1-5-16(10,13)14/h2,4H,1,3,5-6H2,(H,11,12). The van der Waals surface area contributed by atoms with E-state index in [1.807, 2.05) is 0 Å². The van der Waals surface area contributed by atoms with Crippen molar-refractivity contribution in [2.24, 2.45) is 0 Å². The van der Waals surface area contributed by atoms with Crippen LogP contribution in [-0.2, 0) is 16.6 Å². The molecule has 0 spiro atoms. The van der Waals surface area contributed by atoms with E-state index < -0.39 is 16.0 Å². The van der Waals surface area contributed by atoms with Crippen LogP contribution in [-0.4, -0.2) is 36.1 Å². The fourth-order valence-corrected chi connectivity index (χ4v) is 3.20. The molecule has 0 aromatic carbocycles. The molecule has 0 saturated carbocycles. The summed E-state index contributed by atoms with van der Waals surface area (Å²) in [5.74, 6) is -1.24. The lowest BCUT2D eigenvalue weighted by atomic mass is 10.2. The molecule has 2 rings (SSSR count). The molecule has 7 heteroatoms. The largest absolute Gasteiger partial charge is 0.475 e. The smallest absolute Gasteiger partial charge is 0.372 e. The first-order valence-electron chi connectivity index (χ1n) is 4.78. The molecule has 1 aromatic heterocycles. The van der Waals surface area contributed by atoms with Crippen LogP contribution >= 0.6 is 0 Å². The molecular weight excluding hydrogens is 234 g/mol. The van der Waals surface area contributed by atoms with E-state index in [1.165, 1.54) is 16.6 Å². The van der Waals surface area contributed by atoms with Crippen LogP contribution in [0.25, 0.3) is 0 Å². The van der Waals surface area contributed by atoms with Crippen molar-refractivity contribution < 1.29 is 22.7 Å². The van der Waals surface area contributed by atoms with Gasteiger partial charge in [-0.2, -0.15) is 4.31 Å². The minimum atomic E-state index is -3.21. The summed E-state index contributed by atoms with van der Waals surface area (Å²) >= 11 is 0. The summed E-state index contributed by atoms with van der Waals surface area (Å²) in [7, 11) is -3.21. The van der Waals surface area contributed by atoms with Gasteiger partial charge in [0.2, 0.25) is 15.8 Å². The Hall–Kier alpha value is -1.34. The maximum Gasteiger partial charge on any atom is 0.372 e. The zero-order chi connectivity index (χ0) is 11.8. The number of nitrogens with zero attached hydrogens (tertiary/aromatic N) is 1. The van der Waals surface area contributed by atoms with Gasteiger partial charge in [-0.1, -0.05) is 0 Å². The van der Waals surface area contributed by atoms with Gasteiger partial charge in [0.1, 0.15) is 0 Å². The van der Waals surface area contributed by atoms with Crippen molar-refractivity contribution in [2.75, 3.05) is 12.3 Å². The predicted octanol–water partition coefficient (Wildman–Crippen LogP) is 0.513. The molecule has 0 bridgehead atoms. The van der Waals surface area contributed by atoms with Gasteiger partial charge in [-0.3, -0.25) is 0 Å². The lowest BCUT2D eigenvalue weighted by Crippen LogP contribution is -2.25. The molecular formula is C9H11NO5S. The fourth-order valence-electron chi connectivity index (χ4n) is 1.71. The maximum absolute atomic E-state index is 11.5. The van der Waals surface area contributed by atoms with E-state index in [0.29, 0.717) is 18.5 Å². The fraction of sp³-hybridized carbons (Fsp3) is 0.444. The highest BCUT2D eigenvalue weighted by molar-refractivity contribution is 7.89. The molecule has 0 radical (unpaired) electrons. The van der Waals surface area contributed by atoms with Crippen LogP contribution in [0.5, 0.6) is 0 Å². The van der Waals surface area contributed by atoms with Crippen molar-refractivity contribution >= 4 is 16.0 Å². The Balaban J connectivity index is 2.21. The number of sulfonamides is 1. The van der Waals surface area contributed by atoms with E-state index in [9.17, 15) is 13.2 Å². The van der Waals surface area contributed by atoms with Crippen LogP contribution in [0.4, 0.5) is 0 Å². The monoisotopic (exact) mass is 245 g/mol. The number of aromatic carboxylic acids is 1. The van der Waals surface area contributed by atoms with Crippen LogP contribution in [0.15, 0.2) is 16.7 Å². The molecule has 16 heavy (non-hydrogen) atoms. The number of carboxylic acid groups (broad SMARTS) is 1. The lowest BCUT2D eigenvalue weighted by molar-refractivity contribution is 0.0660. The summed E-state index contributed by atoms with van der Waals surface area (Å²) in [6.45, 7) is 0.507. The molecule has 0 unspecified atom stereocenters. The molecule has 1 fully saturated rings. The molecule has 2 heterocycles.